The molecule has 1 aromatic carbocycles. The Morgan fingerprint density at radius 1 is 1.35 bits per heavy atom. The number of alkyl halides is 1. The zero-order chi connectivity index (χ0) is 15.2. The number of rotatable bonds is 8. The van der Waals surface area contributed by atoms with Crippen LogP contribution < -0.4 is 10.6 Å². The topological polar surface area (TPSA) is 80.5 Å². The Labute approximate surface area is 124 Å². The zero-order valence-electron chi connectivity index (χ0n) is 11.4. The molecule has 0 bridgehead atoms. The van der Waals surface area contributed by atoms with Crippen molar-refractivity contribution in [1.29, 1.82) is 0 Å². The summed E-state index contributed by atoms with van der Waals surface area (Å²) in [7, 11) is -3.14. The Morgan fingerprint density at radius 3 is 2.60 bits per heavy atom. The molecule has 0 aliphatic heterocycles. The van der Waals surface area contributed by atoms with Crippen LogP contribution in [0.4, 0.5) is 5.69 Å². The second kappa shape index (κ2) is 7.50. The first-order valence-corrected chi connectivity index (χ1v) is 8.66. The number of halogens is 1. The second-order valence-electron chi connectivity index (χ2n) is 4.34. The van der Waals surface area contributed by atoms with E-state index in [4.69, 9.17) is 17.3 Å². The van der Waals surface area contributed by atoms with Crippen LogP contribution in [-0.4, -0.2) is 44.8 Å². The zero-order valence-corrected chi connectivity index (χ0v) is 13.0. The molecule has 112 valence electrons. The van der Waals surface area contributed by atoms with E-state index in [2.05, 4.69) is 0 Å². The van der Waals surface area contributed by atoms with E-state index >= 15 is 0 Å². The lowest BCUT2D eigenvalue weighted by Crippen LogP contribution is -2.30. The minimum absolute atomic E-state index is 0.0204. The number of sulfone groups is 1. The molecule has 0 aromatic heterocycles. The smallest absolute Gasteiger partial charge is 0.248 e. The van der Waals surface area contributed by atoms with Gasteiger partial charge in [0.15, 0.2) is 9.84 Å². The molecule has 0 heterocycles. The van der Waals surface area contributed by atoms with E-state index in [0.29, 0.717) is 18.7 Å². The number of carbonyl (C=O) groups is 1. The van der Waals surface area contributed by atoms with E-state index in [1.807, 2.05) is 17.9 Å². The maximum absolute atomic E-state index is 11.7. The van der Waals surface area contributed by atoms with Crippen molar-refractivity contribution in [3.05, 3.63) is 29.8 Å². The van der Waals surface area contributed by atoms with Gasteiger partial charge in [0.2, 0.25) is 5.91 Å². The van der Waals surface area contributed by atoms with Crippen LogP contribution in [0.1, 0.15) is 17.3 Å². The van der Waals surface area contributed by atoms with Crippen molar-refractivity contribution in [2.75, 3.05) is 35.4 Å². The van der Waals surface area contributed by atoms with Crippen molar-refractivity contribution in [2.45, 2.75) is 6.92 Å². The number of amides is 1. The summed E-state index contributed by atoms with van der Waals surface area (Å²) in [6.07, 6.45) is 0. The summed E-state index contributed by atoms with van der Waals surface area (Å²) in [4.78, 5) is 13.0. The highest BCUT2D eigenvalue weighted by Crippen LogP contribution is 2.16. The molecule has 0 spiro atoms. The van der Waals surface area contributed by atoms with Crippen LogP contribution in [0.25, 0.3) is 0 Å². The van der Waals surface area contributed by atoms with Crippen LogP contribution in [0, 0.1) is 0 Å². The van der Waals surface area contributed by atoms with Gasteiger partial charge < -0.3 is 10.6 Å². The van der Waals surface area contributed by atoms with Crippen LogP contribution >= 0.6 is 11.6 Å². The molecule has 1 aromatic rings. The fourth-order valence-electron chi connectivity index (χ4n) is 1.79. The number of nitrogens with zero attached hydrogens (tertiary/aromatic N) is 1. The Balaban J connectivity index is 2.81. The van der Waals surface area contributed by atoms with Crippen LogP contribution in [-0.2, 0) is 9.84 Å². The number of carbonyl (C=O) groups excluding carboxylic acids is 1. The van der Waals surface area contributed by atoms with E-state index in [0.717, 1.165) is 5.69 Å². The van der Waals surface area contributed by atoms with Gasteiger partial charge in [0, 0.05) is 30.2 Å². The Morgan fingerprint density at radius 2 is 2.05 bits per heavy atom. The van der Waals surface area contributed by atoms with Crippen molar-refractivity contribution >= 4 is 33.0 Å². The molecule has 0 saturated heterocycles. The highest BCUT2D eigenvalue weighted by molar-refractivity contribution is 7.91. The second-order valence-corrected chi connectivity index (χ2v) is 7.02. The highest BCUT2D eigenvalue weighted by atomic mass is 35.5. The van der Waals surface area contributed by atoms with Crippen LogP contribution in [0.15, 0.2) is 24.3 Å². The summed E-state index contributed by atoms with van der Waals surface area (Å²) in [6, 6.07) is 6.85. The SMILES string of the molecule is CCN(CCS(=O)(=O)CCCl)c1cccc(C(N)=O)c1. The minimum Gasteiger partial charge on any atom is -0.371 e. The van der Waals surface area contributed by atoms with Gasteiger partial charge in [-0.25, -0.2) is 8.42 Å². The molecule has 0 radical (unpaired) electrons. The molecule has 0 atom stereocenters. The van der Waals surface area contributed by atoms with Gasteiger partial charge in [-0.15, -0.1) is 11.6 Å². The van der Waals surface area contributed by atoms with Gasteiger partial charge in [0.1, 0.15) is 0 Å². The minimum atomic E-state index is -3.14. The lowest BCUT2D eigenvalue weighted by Gasteiger charge is -2.23. The number of primary amides is 1. The lowest BCUT2D eigenvalue weighted by atomic mass is 10.2. The summed E-state index contributed by atoms with van der Waals surface area (Å²) >= 11 is 5.46. The van der Waals surface area contributed by atoms with Gasteiger partial charge in [0.25, 0.3) is 0 Å². The van der Waals surface area contributed by atoms with E-state index in [1.54, 1.807) is 18.2 Å². The molecule has 7 heteroatoms. The van der Waals surface area contributed by atoms with Gasteiger partial charge in [-0.3, -0.25) is 4.79 Å². The molecule has 0 saturated carbocycles. The Kier molecular flexibility index (Phi) is 6.29. The third-order valence-corrected chi connectivity index (χ3v) is 4.98. The molecule has 0 unspecified atom stereocenters. The van der Waals surface area contributed by atoms with Crippen LogP contribution in [0.2, 0.25) is 0 Å². The molecular weight excluding hydrogens is 300 g/mol. The third kappa shape index (κ3) is 5.02. The van der Waals surface area contributed by atoms with Crippen molar-refractivity contribution in [1.82, 2.24) is 0 Å². The fourth-order valence-corrected chi connectivity index (χ4v) is 3.44. The maximum atomic E-state index is 11.7. The summed E-state index contributed by atoms with van der Waals surface area (Å²) in [6.45, 7) is 2.92. The standard InChI is InChI=1S/C13H19ClN2O3S/c1-2-16(7-9-20(18,19)8-6-14)12-5-3-4-11(10-12)13(15)17/h3-5,10H,2,6-9H2,1H3,(H2,15,17). The summed E-state index contributed by atoms with van der Waals surface area (Å²) < 4.78 is 23.3. The van der Waals surface area contributed by atoms with Crippen molar-refractivity contribution < 1.29 is 13.2 Å². The first-order chi connectivity index (χ1) is 9.39. The maximum Gasteiger partial charge on any atom is 0.248 e. The van der Waals surface area contributed by atoms with E-state index < -0.39 is 15.7 Å². The summed E-state index contributed by atoms with van der Waals surface area (Å²) in [5.41, 5.74) is 6.43. The number of benzene rings is 1. The summed E-state index contributed by atoms with van der Waals surface area (Å²) in [5, 5.41) is 0. The number of hydrogen-bond acceptors (Lipinski definition) is 4. The molecule has 0 aliphatic rings. The molecule has 0 aliphatic carbocycles. The predicted octanol–water partition coefficient (Wildman–Crippen LogP) is 1.27. The molecule has 5 nitrogen and oxygen atoms in total. The van der Waals surface area contributed by atoms with Crippen LogP contribution in [0.5, 0.6) is 0 Å². The van der Waals surface area contributed by atoms with E-state index in [-0.39, 0.29) is 17.4 Å². The van der Waals surface area contributed by atoms with Crippen molar-refractivity contribution in [2.24, 2.45) is 5.73 Å². The van der Waals surface area contributed by atoms with Gasteiger partial charge in [-0.1, -0.05) is 6.07 Å². The number of nitrogens with two attached hydrogens (primary N) is 1. The molecule has 1 amide bonds. The molecule has 1 rings (SSSR count). The highest BCUT2D eigenvalue weighted by Gasteiger charge is 2.13. The first kappa shape index (κ1) is 16.8. The lowest BCUT2D eigenvalue weighted by molar-refractivity contribution is 0.100. The van der Waals surface area contributed by atoms with Gasteiger partial charge in [0.05, 0.1) is 11.5 Å². The van der Waals surface area contributed by atoms with Crippen molar-refractivity contribution in [3.8, 4) is 0 Å². The van der Waals surface area contributed by atoms with E-state index in [1.165, 1.54) is 0 Å². The van der Waals surface area contributed by atoms with Gasteiger partial charge in [-0.2, -0.15) is 0 Å². The van der Waals surface area contributed by atoms with Gasteiger partial charge in [-0.05, 0) is 25.1 Å². The average Bonchev–Trinajstić information content (AvgIpc) is 2.39. The van der Waals surface area contributed by atoms with Crippen molar-refractivity contribution in [3.63, 3.8) is 0 Å². The third-order valence-electron chi connectivity index (χ3n) is 2.94. The summed E-state index contributed by atoms with van der Waals surface area (Å²) in [5.74, 6) is -0.384. The number of anilines is 1. The molecule has 2 N–H and O–H groups in total. The quantitative estimate of drug-likeness (QED) is 0.732. The average molecular weight is 319 g/mol. The monoisotopic (exact) mass is 318 g/mol. The van der Waals surface area contributed by atoms with Crippen LogP contribution in [0.3, 0.4) is 0 Å². The molecule has 20 heavy (non-hydrogen) atoms. The Bertz CT molecular complexity index is 560. The van der Waals surface area contributed by atoms with Gasteiger partial charge >= 0.3 is 0 Å². The predicted molar refractivity (Wildman–Crippen MR) is 82.2 cm³/mol. The number of hydrogen-bond donors (Lipinski definition) is 1. The van der Waals surface area contributed by atoms with E-state index in [9.17, 15) is 13.2 Å². The normalized spacial score (nSPS) is 11.3. The Hall–Kier alpha value is -1.27. The molecular formula is C13H19ClN2O3S. The largest absolute Gasteiger partial charge is 0.371 e. The molecule has 0 fully saturated rings. The fraction of sp³-hybridized carbons (Fsp3) is 0.462. The first-order valence-electron chi connectivity index (χ1n) is 6.31.